The molecule has 4 nitrogen and oxygen atoms in total. The van der Waals surface area contributed by atoms with Gasteiger partial charge in [0.05, 0.1) is 0 Å². The zero-order valence-corrected chi connectivity index (χ0v) is 10.4. The van der Waals surface area contributed by atoms with Crippen LogP contribution >= 0.6 is 0 Å². The smallest absolute Gasteiger partial charge is 0.550 e. The SMILES string of the molecule is O=C([O-])CCCCC(=O)[O-].[Au+].[Au+]. The number of hydrogen-bond acceptors (Lipinski definition) is 4. The molecule has 0 N–H and O–H groups in total. The molecule has 0 aliphatic heterocycles. The molecule has 0 heterocycles. The van der Waals surface area contributed by atoms with E-state index < -0.39 is 11.9 Å². The van der Waals surface area contributed by atoms with Crippen molar-refractivity contribution < 1.29 is 64.6 Å². The Hall–Kier alpha value is 0.421. The first kappa shape index (κ1) is 18.3. The van der Waals surface area contributed by atoms with Crippen molar-refractivity contribution in [3.05, 3.63) is 0 Å². The molecule has 0 aromatic heterocycles. The first-order chi connectivity index (χ1) is 4.63. The first-order valence-corrected chi connectivity index (χ1v) is 3.02. The molecule has 0 bridgehead atoms. The number of hydrogen-bond donors (Lipinski definition) is 0. The van der Waals surface area contributed by atoms with Gasteiger partial charge in [-0.3, -0.25) is 0 Å². The monoisotopic (exact) mass is 538 g/mol. The van der Waals surface area contributed by atoms with Crippen molar-refractivity contribution in [3.63, 3.8) is 0 Å². The van der Waals surface area contributed by atoms with Gasteiger partial charge >= 0.3 is 44.8 Å². The number of rotatable bonds is 5. The molecular formula is C6H8Au2O4. The summed E-state index contributed by atoms with van der Waals surface area (Å²) in [6, 6.07) is 0. The van der Waals surface area contributed by atoms with E-state index in [1.807, 2.05) is 0 Å². The van der Waals surface area contributed by atoms with E-state index in [1.165, 1.54) is 0 Å². The third kappa shape index (κ3) is 16.8. The summed E-state index contributed by atoms with van der Waals surface area (Å²) < 4.78 is 0. The molecule has 0 saturated heterocycles. The minimum atomic E-state index is -1.14. The van der Waals surface area contributed by atoms with Gasteiger partial charge in [-0.05, 0) is 25.7 Å². The van der Waals surface area contributed by atoms with Crippen molar-refractivity contribution in [2.45, 2.75) is 25.7 Å². The number of carbonyl (C=O) groups excluding carboxylic acids is 2. The minimum absolute atomic E-state index is 0. The zero-order chi connectivity index (χ0) is 7.98. The van der Waals surface area contributed by atoms with Gasteiger partial charge in [-0.25, -0.2) is 0 Å². The Labute approximate surface area is 102 Å². The van der Waals surface area contributed by atoms with Gasteiger partial charge in [0.15, 0.2) is 0 Å². The molecule has 0 atom stereocenters. The fourth-order valence-electron chi connectivity index (χ4n) is 0.539. The van der Waals surface area contributed by atoms with Crippen molar-refractivity contribution in [2.75, 3.05) is 0 Å². The molecular weight excluding hydrogens is 530 g/mol. The molecule has 6 heteroatoms. The van der Waals surface area contributed by atoms with E-state index in [1.54, 1.807) is 0 Å². The number of carboxylic acid groups (broad SMARTS) is 2. The van der Waals surface area contributed by atoms with Gasteiger partial charge in [0.1, 0.15) is 0 Å². The Morgan fingerprint density at radius 2 is 1.08 bits per heavy atom. The summed E-state index contributed by atoms with van der Waals surface area (Å²) in [4.78, 5) is 19.5. The van der Waals surface area contributed by atoms with Gasteiger partial charge in [0.25, 0.3) is 0 Å². The van der Waals surface area contributed by atoms with E-state index >= 15 is 0 Å². The summed E-state index contributed by atoms with van der Waals surface area (Å²) in [5, 5.41) is 19.5. The third-order valence-electron chi connectivity index (χ3n) is 1.01. The molecule has 12 heavy (non-hydrogen) atoms. The predicted octanol–water partition coefficient (Wildman–Crippen LogP) is -1.96. The second kappa shape index (κ2) is 11.4. The quantitative estimate of drug-likeness (QED) is 0.301. The standard InChI is InChI=1S/C6H10O4.2Au/c7-5(8)3-1-2-4-6(9)10;;/h1-4H2,(H,7,8)(H,9,10);;/q;2*+1/p-2. The van der Waals surface area contributed by atoms with Crippen LogP contribution in [0.3, 0.4) is 0 Å². The Morgan fingerprint density at radius 1 is 0.833 bits per heavy atom. The van der Waals surface area contributed by atoms with Crippen molar-refractivity contribution in [1.29, 1.82) is 0 Å². The minimum Gasteiger partial charge on any atom is -0.550 e. The van der Waals surface area contributed by atoms with Gasteiger partial charge < -0.3 is 19.8 Å². The molecule has 0 rings (SSSR count). The fraction of sp³-hybridized carbons (Fsp3) is 0.667. The predicted molar refractivity (Wildman–Crippen MR) is 28.5 cm³/mol. The fourth-order valence-corrected chi connectivity index (χ4v) is 0.539. The van der Waals surface area contributed by atoms with Gasteiger partial charge in [0, 0.05) is 11.9 Å². The number of carbonyl (C=O) groups is 2. The number of aliphatic carboxylic acids is 2. The summed E-state index contributed by atoms with van der Waals surface area (Å²) >= 11 is 0. The van der Waals surface area contributed by atoms with Crippen LogP contribution in [0, 0.1) is 0 Å². The number of unbranched alkanes of at least 4 members (excludes halogenated alkanes) is 1. The van der Waals surface area contributed by atoms with Crippen LogP contribution in [0.5, 0.6) is 0 Å². The van der Waals surface area contributed by atoms with Crippen molar-refractivity contribution >= 4 is 11.9 Å². The molecule has 0 fully saturated rings. The average molecular weight is 538 g/mol. The molecule has 0 aromatic rings. The Bertz CT molecular complexity index is 122. The molecule has 0 saturated carbocycles. The van der Waals surface area contributed by atoms with E-state index in [0.717, 1.165) is 0 Å². The summed E-state index contributed by atoms with van der Waals surface area (Å²) in [5.74, 6) is -2.28. The van der Waals surface area contributed by atoms with Crippen LogP contribution in [0.15, 0.2) is 0 Å². The molecule has 0 aromatic carbocycles. The first-order valence-electron chi connectivity index (χ1n) is 3.02. The van der Waals surface area contributed by atoms with E-state index in [9.17, 15) is 19.8 Å². The largest absolute Gasteiger partial charge is 1.00 e. The maximum absolute atomic E-state index is 9.77. The molecule has 0 unspecified atom stereocenters. The van der Waals surface area contributed by atoms with Crippen LogP contribution in [0.25, 0.3) is 0 Å². The van der Waals surface area contributed by atoms with Crippen LogP contribution in [0.2, 0.25) is 0 Å². The summed E-state index contributed by atoms with van der Waals surface area (Å²) in [7, 11) is 0. The van der Waals surface area contributed by atoms with E-state index in [2.05, 4.69) is 0 Å². The summed E-state index contributed by atoms with van der Waals surface area (Å²) in [6.45, 7) is 0. The Kier molecular flexibility index (Phi) is 17.4. The average Bonchev–Trinajstić information content (AvgIpc) is 1.79. The number of carboxylic acids is 2. The van der Waals surface area contributed by atoms with Crippen LogP contribution in [0.1, 0.15) is 25.7 Å². The molecule has 0 spiro atoms. The van der Waals surface area contributed by atoms with Gasteiger partial charge in [-0.2, -0.15) is 0 Å². The van der Waals surface area contributed by atoms with Crippen LogP contribution in [-0.4, -0.2) is 11.9 Å². The maximum Gasteiger partial charge on any atom is 1.00 e. The van der Waals surface area contributed by atoms with Crippen LogP contribution in [-0.2, 0) is 54.3 Å². The second-order valence-corrected chi connectivity index (χ2v) is 1.95. The molecule has 0 aliphatic rings. The second-order valence-electron chi connectivity index (χ2n) is 1.95. The van der Waals surface area contributed by atoms with Crippen molar-refractivity contribution in [3.8, 4) is 0 Å². The zero-order valence-electron chi connectivity index (χ0n) is 6.06. The van der Waals surface area contributed by atoms with E-state index in [4.69, 9.17) is 0 Å². The van der Waals surface area contributed by atoms with Crippen molar-refractivity contribution in [2.24, 2.45) is 0 Å². The van der Waals surface area contributed by atoms with Gasteiger partial charge in [-0.1, -0.05) is 0 Å². The molecule has 0 aliphatic carbocycles. The molecule has 0 amide bonds. The molecule has 0 radical (unpaired) electrons. The van der Waals surface area contributed by atoms with Gasteiger partial charge in [-0.15, -0.1) is 0 Å². The third-order valence-corrected chi connectivity index (χ3v) is 1.01. The van der Waals surface area contributed by atoms with Crippen LogP contribution in [0.4, 0.5) is 0 Å². The summed E-state index contributed by atoms with van der Waals surface area (Å²) in [6.07, 6.45) is 0.535. The normalized spacial score (nSPS) is 7.67. The van der Waals surface area contributed by atoms with Crippen molar-refractivity contribution in [1.82, 2.24) is 0 Å². The van der Waals surface area contributed by atoms with E-state index in [0.29, 0.717) is 12.8 Å². The van der Waals surface area contributed by atoms with Crippen LogP contribution < -0.4 is 10.2 Å². The maximum atomic E-state index is 9.77. The van der Waals surface area contributed by atoms with Gasteiger partial charge in [0.2, 0.25) is 0 Å². The summed E-state index contributed by atoms with van der Waals surface area (Å²) in [5.41, 5.74) is 0. The Morgan fingerprint density at radius 3 is 1.25 bits per heavy atom. The Balaban J connectivity index is -0.000000405. The topological polar surface area (TPSA) is 80.3 Å². The molecule has 78 valence electrons. The van der Waals surface area contributed by atoms with E-state index in [-0.39, 0.29) is 57.6 Å².